The van der Waals surface area contributed by atoms with Gasteiger partial charge in [0.2, 0.25) is 5.91 Å². The Labute approximate surface area is 212 Å². The summed E-state index contributed by atoms with van der Waals surface area (Å²) in [7, 11) is 0. The van der Waals surface area contributed by atoms with Crippen LogP contribution in [0.3, 0.4) is 0 Å². The van der Waals surface area contributed by atoms with Crippen LogP contribution in [0.25, 0.3) is 0 Å². The summed E-state index contributed by atoms with van der Waals surface area (Å²) in [5.41, 5.74) is 10.6. The Morgan fingerprint density at radius 1 is 1.17 bits per heavy atom. The molecule has 0 radical (unpaired) electrons. The number of rotatable bonds is 2. The van der Waals surface area contributed by atoms with Gasteiger partial charge in [-0.05, 0) is 66.5 Å². The largest absolute Gasteiger partial charge is 0.390 e. The van der Waals surface area contributed by atoms with E-state index in [1.54, 1.807) is 11.0 Å². The lowest BCUT2D eigenvalue weighted by Crippen LogP contribution is -2.52. The van der Waals surface area contributed by atoms with Gasteiger partial charge in [0.25, 0.3) is 5.91 Å². The van der Waals surface area contributed by atoms with E-state index in [1.165, 1.54) is 5.56 Å². The maximum absolute atomic E-state index is 13.5. The van der Waals surface area contributed by atoms with Crippen LogP contribution in [0.1, 0.15) is 97.1 Å². The predicted molar refractivity (Wildman–Crippen MR) is 139 cm³/mol. The van der Waals surface area contributed by atoms with E-state index in [2.05, 4.69) is 30.4 Å². The Morgan fingerprint density at radius 3 is 2.75 bits per heavy atom. The number of carbonyl (C=O) groups excluding carboxylic acids is 2. The average Bonchev–Trinajstić information content (AvgIpc) is 3.17. The Balaban J connectivity index is 1.57. The van der Waals surface area contributed by atoms with E-state index in [0.29, 0.717) is 24.8 Å². The molecule has 0 saturated carbocycles. The number of guanidine groups is 1. The SMILES string of the molecule is CC[C@@H]1c2cccc(c2)C(=O)N[C@@H]2c3cc(ccc3C[C@H]2O)CCCC[C@]2(CC)CC(=O)N1C(N)=N2. The number of nitrogens with two attached hydrogens (primary N) is 1. The molecule has 7 heteroatoms. The number of aliphatic hydroxyl groups excluding tert-OH is 1. The number of hydrogen-bond acceptors (Lipinski definition) is 5. The first kappa shape index (κ1) is 24.5. The molecule has 1 aliphatic carbocycles. The van der Waals surface area contributed by atoms with E-state index in [4.69, 9.17) is 10.7 Å². The second kappa shape index (κ2) is 9.69. The molecular formula is C29H36N4O3. The molecule has 36 heavy (non-hydrogen) atoms. The van der Waals surface area contributed by atoms with Crippen LogP contribution in [0.5, 0.6) is 0 Å². The van der Waals surface area contributed by atoms with Crippen molar-refractivity contribution in [1.82, 2.24) is 10.2 Å². The Hall–Kier alpha value is -3.19. The molecule has 4 atom stereocenters. The highest BCUT2D eigenvalue weighted by Gasteiger charge is 2.41. The van der Waals surface area contributed by atoms with Crippen molar-refractivity contribution >= 4 is 17.8 Å². The summed E-state index contributed by atoms with van der Waals surface area (Å²) in [4.78, 5) is 33.3. The number of aliphatic imine (C=N–C) groups is 1. The van der Waals surface area contributed by atoms with Crippen molar-refractivity contribution in [2.75, 3.05) is 0 Å². The monoisotopic (exact) mass is 488 g/mol. The summed E-state index contributed by atoms with van der Waals surface area (Å²) < 4.78 is 0. The molecule has 0 unspecified atom stereocenters. The fourth-order valence-corrected chi connectivity index (χ4v) is 6.15. The van der Waals surface area contributed by atoms with Gasteiger partial charge in [-0.1, -0.05) is 50.6 Å². The van der Waals surface area contributed by atoms with E-state index in [-0.39, 0.29) is 23.8 Å². The molecule has 0 saturated heterocycles. The third-order valence-electron chi connectivity index (χ3n) is 8.24. The lowest BCUT2D eigenvalue weighted by molar-refractivity contribution is -0.131. The minimum Gasteiger partial charge on any atom is -0.390 e. The van der Waals surface area contributed by atoms with Crippen molar-refractivity contribution in [3.8, 4) is 0 Å². The summed E-state index contributed by atoms with van der Waals surface area (Å²) in [5, 5.41) is 13.8. The van der Waals surface area contributed by atoms with Gasteiger partial charge < -0.3 is 16.2 Å². The minimum atomic E-state index is -0.656. The van der Waals surface area contributed by atoms with E-state index in [0.717, 1.165) is 48.8 Å². The van der Waals surface area contributed by atoms with Gasteiger partial charge in [0.05, 0.1) is 30.1 Å². The normalized spacial score (nSPS) is 28.4. The molecule has 2 aromatic rings. The molecule has 4 N–H and O–H groups in total. The summed E-state index contributed by atoms with van der Waals surface area (Å²) in [6, 6.07) is 12.9. The summed E-state index contributed by atoms with van der Waals surface area (Å²) in [6.45, 7) is 4.09. The van der Waals surface area contributed by atoms with Crippen molar-refractivity contribution in [3.05, 3.63) is 70.3 Å². The quantitative estimate of drug-likeness (QED) is 0.595. The van der Waals surface area contributed by atoms with Crippen molar-refractivity contribution < 1.29 is 14.7 Å². The zero-order valence-electron chi connectivity index (χ0n) is 21.2. The highest BCUT2D eigenvalue weighted by atomic mass is 16.3. The number of benzene rings is 2. The summed E-state index contributed by atoms with van der Waals surface area (Å²) in [5.74, 6) is 0.0124. The molecule has 2 amide bonds. The molecule has 0 aromatic heterocycles. The molecule has 190 valence electrons. The number of fused-ring (bicyclic) bond motifs is 5. The first-order chi connectivity index (χ1) is 17.3. The standard InChI is InChI=1S/C29H36N4O3/c1-3-23-20-9-7-10-21(15-20)27(36)31-26-22-14-18(11-12-19(22)16-24(26)34)8-5-6-13-29(4-2)17-25(35)33(23)28(30)32-29/h7,9-12,14-15,23-24,26,34H,3-6,8,13,16-17H2,1-2H3,(H2,30,32)(H,31,36)/t23-,24-,26-,29-/m1/s1. The van der Waals surface area contributed by atoms with Crippen molar-refractivity contribution in [2.45, 2.75) is 88.9 Å². The van der Waals surface area contributed by atoms with Crippen LogP contribution in [0.15, 0.2) is 47.5 Å². The van der Waals surface area contributed by atoms with Crippen LogP contribution >= 0.6 is 0 Å². The number of carbonyl (C=O) groups is 2. The number of nitrogens with zero attached hydrogens (tertiary/aromatic N) is 2. The van der Waals surface area contributed by atoms with Crippen LogP contribution in [-0.4, -0.2) is 39.4 Å². The molecule has 3 aliphatic heterocycles. The van der Waals surface area contributed by atoms with E-state index in [9.17, 15) is 14.7 Å². The Morgan fingerprint density at radius 2 is 2.00 bits per heavy atom. The Bertz CT molecular complexity index is 1210. The van der Waals surface area contributed by atoms with Crippen LogP contribution < -0.4 is 11.1 Å². The van der Waals surface area contributed by atoms with Gasteiger partial charge in [-0.15, -0.1) is 0 Å². The van der Waals surface area contributed by atoms with Crippen LogP contribution in [0.4, 0.5) is 0 Å². The van der Waals surface area contributed by atoms with Gasteiger partial charge in [0.1, 0.15) is 0 Å². The summed E-state index contributed by atoms with van der Waals surface area (Å²) in [6.07, 6.45) is 5.25. The van der Waals surface area contributed by atoms with Gasteiger partial charge in [0.15, 0.2) is 5.96 Å². The topological polar surface area (TPSA) is 108 Å². The molecule has 6 rings (SSSR count). The van der Waals surface area contributed by atoms with Gasteiger partial charge in [-0.25, -0.2) is 4.99 Å². The molecule has 0 spiro atoms. The second-order valence-electron chi connectivity index (χ2n) is 10.5. The highest BCUT2D eigenvalue weighted by molar-refractivity contribution is 6.00. The van der Waals surface area contributed by atoms with Crippen molar-refractivity contribution in [2.24, 2.45) is 10.7 Å². The van der Waals surface area contributed by atoms with Crippen LogP contribution in [0.2, 0.25) is 0 Å². The van der Waals surface area contributed by atoms with Gasteiger partial charge in [-0.3, -0.25) is 14.5 Å². The lowest BCUT2D eigenvalue weighted by Gasteiger charge is -2.40. The van der Waals surface area contributed by atoms with Crippen molar-refractivity contribution in [1.29, 1.82) is 0 Å². The number of amides is 2. The second-order valence-corrected chi connectivity index (χ2v) is 10.5. The molecule has 3 heterocycles. The summed E-state index contributed by atoms with van der Waals surface area (Å²) >= 11 is 0. The molecule has 4 aliphatic rings. The maximum Gasteiger partial charge on any atom is 0.251 e. The first-order valence-corrected chi connectivity index (χ1v) is 13.2. The predicted octanol–water partition coefficient (Wildman–Crippen LogP) is 3.95. The third-order valence-corrected chi connectivity index (χ3v) is 8.24. The van der Waals surface area contributed by atoms with Gasteiger partial charge in [-0.2, -0.15) is 0 Å². The number of aryl methyl sites for hydroxylation is 1. The molecule has 0 fully saturated rings. The van der Waals surface area contributed by atoms with E-state index < -0.39 is 17.7 Å². The molecular weight excluding hydrogens is 452 g/mol. The molecule has 7 nitrogen and oxygen atoms in total. The van der Waals surface area contributed by atoms with Crippen molar-refractivity contribution in [3.63, 3.8) is 0 Å². The number of hydrogen-bond donors (Lipinski definition) is 3. The lowest BCUT2D eigenvalue weighted by atomic mass is 9.84. The van der Waals surface area contributed by atoms with Crippen LogP contribution in [-0.2, 0) is 17.6 Å². The first-order valence-electron chi connectivity index (χ1n) is 13.2. The Kier molecular flexibility index (Phi) is 6.60. The van der Waals surface area contributed by atoms with E-state index in [1.807, 2.05) is 25.1 Å². The zero-order valence-corrected chi connectivity index (χ0v) is 21.2. The third kappa shape index (κ3) is 4.41. The molecule has 6 bridgehead atoms. The zero-order chi connectivity index (χ0) is 25.4. The fraction of sp³-hybridized carbons (Fsp3) is 0.483. The maximum atomic E-state index is 13.5. The van der Waals surface area contributed by atoms with Crippen LogP contribution in [0, 0.1) is 0 Å². The van der Waals surface area contributed by atoms with Gasteiger partial charge >= 0.3 is 0 Å². The number of aliphatic hydroxyl groups is 1. The van der Waals surface area contributed by atoms with E-state index >= 15 is 0 Å². The highest BCUT2D eigenvalue weighted by Crippen LogP contribution is 2.37. The fourth-order valence-electron chi connectivity index (χ4n) is 6.15. The smallest absolute Gasteiger partial charge is 0.251 e. The minimum absolute atomic E-state index is 0.0125. The van der Waals surface area contributed by atoms with Gasteiger partial charge in [0, 0.05) is 12.0 Å². The molecule has 2 aromatic carbocycles. The average molecular weight is 489 g/mol. The number of nitrogens with one attached hydrogen (secondary N) is 1.